The van der Waals surface area contributed by atoms with Gasteiger partial charge in [0.1, 0.15) is 11.5 Å². The number of guanidine groups is 1. The van der Waals surface area contributed by atoms with E-state index in [1.807, 2.05) is 38.1 Å². The molecule has 0 heterocycles. The maximum absolute atomic E-state index is 12.7. The predicted molar refractivity (Wildman–Crippen MR) is 124 cm³/mol. The summed E-state index contributed by atoms with van der Waals surface area (Å²) in [5.74, 6) is 1.01. The van der Waals surface area contributed by atoms with Crippen molar-refractivity contribution >= 4 is 29.9 Å². The number of aliphatic imine (C=N–C) groups is 1. The largest absolute Gasteiger partial charge is 0.497 e. The second-order valence-electron chi connectivity index (χ2n) is 6.35. The molecular formula is C21H28F2IN3O3. The molecule has 2 aromatic carbocycles. The normalized spacial score (nSPS) is 12.2. The van der Waals surface area contributed by atoms with Gasteiger partial charge < -0.3 is 25.2 Å². The Morgan fingerprint density at radius 1 is 1.13 bits per heavy atom. The van der Waals surface area contributed by atoms with Crippen LogP contribution in [-0.2, 0) is 6.54 Å². The van der Waals surface area contributed by atoms with Crippen LogP contribution in [0.25, 0.3) is 0 Å². The Balaban J connectivity index is 0.00000450. The molecule has 0 aliphatic carbocycles. The molecule has 30 heavy (non-hydrogen) atoms. The minimum Gasteiger partial charge on any atom is -0.497 e. The summed E-state index contributed by atoms with van der Waals surface area (Å²) in [6, 6.07) is 12.2. The molecule has 1 atom stereocenters. The van der Waals surface area contributed by atoms with Gasteiger partial charge in [0.2, 0.25) is 0 Å². The number of hydrogen-bond donors (Lipinski definition) is 3. The third kappa shape index (κ3) is 8.31. The number of nitrogens with one attached hydrogen (secondary N) is 2. The summed E-state index contributed by atoms with van der Waals surface area (Å²) in [6.45, 7) is 1.90. The highest BCUT2D eigenvalue weighted by molar-refractivity contribution is 14.0. The number of rotatable bonds is 9. The fourth-order valence-electron chi connectivity index (χ4n) is 2.62. The van der Waals surface area contributed by atoms with Crippen LogP contribution in [-0.4, -0.2) is 37.9 Å². The molecular weight excluding hydrogens is 507 g/mol. The highest BCUT2D eigenvalue weighted by Crippen LogP contribution is 2.26. The fourth-order valence-corrected chi connectivity index (χ4v) is 2.62. The van der Waals surface area contributed by atoms with Crippen molar-refractivity contribution in [3.8, 4) is 11.5 Å². The zero-order chi connectivity index (χ0) is 21.2. The van der Waals surface area contributed by atoms with Crippen LogP contribution in [0.5, 0.6) is 11.5 Å². The minimum atomic E-state index is -2.93. The fraction of sp³-hybridized carbons (Fsp3) is 0.381. The van der Waals surface area contributed by atoms with Crippen molar-refractivity contribution in [2.45, 2.75) is 33.1 Å². The van der Waals surface area contributed by atoms with Crippen molar-refractivity contribution in [3.63, 3.8) is 0 Å². The lowest BCUT2D eigenvalue weighted by molar-refractivity contribution is -0.0504. The number of aryl methyl sites for hydroxylation is 1. The molecule has 0 aliphatic rings. The Hall–Kier alpha value is -2.14. The summed E-state index contributed by atoms with van der Waals surface area (Å²) in [7, 11) is 1.49. The Kier molecular flexibility index (Phi) is 11.4. The highest BCUT2D eigenvalue weighted by atomic mass is 127. The number of benzene rings is 2. The van der Waals surface area contributed by atoms with Crippen LogP contribution >= 0.6 is 24.0 Å². The average molecular weight is 535 g/mol. The predicted octanol–water partition coefficient (Wildman–Crippen LogP) is 4.01. The summed E-state index contributed by atoms with van der Waals surface area (Å²) in [5.41, 5.74) is 2.37. The van der Waals surface area contributed by atoms with Crippen molar-refractivity contribution in [2.75, 3.05) is 20.2 Å². The van der Waals surface area contributed by atoms with Crippen molar-refractivity contribution in [3.05, 3.63) is 59.2 Å². The minimum absolute atomic E-state index is 0. The van der Waals surface area contributed by atoms with Gasteiger partial charge in [0.05, 0.1) is 19.8 Å². The Morgan fingerprint density at radius 2 is 1.83 bits per heavy atom. The van der Waals surface area contributed by atoms with Gasteiger partial charge in [-0.05, 0) is 37.6 Å². The molecule has 2 rings (SSSR count). The summed E-state index contributed by atoms with van der Waals surface area (Å²) >= 11 is 0. The number of hydrogen-bond acceptors (Lipinski definition) is 4. The summed E-state index contributed by atoms with van der Waals surface area (Å²) in [6.07, 6.45) is -0.714. The van der Waals surface area contributed by atoms with Gasteiger partial charge in [-0.15, -0.1) is 24.0 Å². The second kappa shape index (κ2) is 13.2. The topological polar surface area (TPSA) is 75.1 Å². The molecule has 0 spiro atoms. The second-order valence-corrected chi connectivity index (χ2v) is 6.35. The number of ether oxygens (including phenoxy) is 2. The molecule has 0 aromatic heterocycles. The number of halogens is 3. The van der Waals surface area contributed by atoms with E-state index in [1.54, 1.807) is 12.1 Å². The van der Waals surface area contributed by atoms with Crippen LogP contribution in [0.15, 0.2) is 47.5 Å². The van der Waals surface area contributed by atoms with E-state index >= 15 is 0 Å². The molecule has 0 saturated carbocycles. The molecule has 166 valence electrons. The lowest BCUT2D eigenvalue weighted by Crippen LogP contribution is -2.39. The zero-order valence-electron chi connectivity index (χ0n) is 17.2. The van der Waals surface area contributed by atoms with Crippen LogP contribution in [0.1, 0.15) is 29.7 Å². The van der Waals surface area contributed by atoms with E-state index in [2.05, 4.69) is 20.4 Å². The van der Waals surface area contributed by atoms with Crippen LogP contribution in [0, 0.1) is 6.92 Å². The van der Waals surface area contributed by atoms with Gasteiger partial charge in [0.15, 0.2) is 5.96 Å². The van der Waals surface area contributed by atoms with Crippen LogP contribution < -0.4 is 20.1 Å². The molecule has 1 unspecified atom stereocenters. The first-order valence-corrected chi connectivity index (χ1v) is 9.31. The van der Waals surface area contributed by atoms with E-state index in [-0.39, 0.29) is 42.8 Å². The zero-order valence-corrected chi connectivity index (χ0v) is 19.5. The molecule has 2 aromatic rings. The van der Waals surface area contributed by atoms with Gasteiger partial charge in [0, 0.05) is 18.7 Å². The van der Waals surface area contributed by atoms with E-state index in [4.69, 9.17) is 4.74 Å². The summed E-state index contributed by atoms with van der Waals surface area (Å²) in [5, 5.41) is 16.5. The smallest absolute Gasteiger partial charge is 0.387 e. The monoisotopic (exact) mass is 535 g/mol. The van der Waals surface area contributed by atoms with Crippen molar-refractivity contribution in [1.29, 1.82) is 0 Å². The molecule has 0 amide bonds. The Morgan fingerprint density at radius 3 is 2.43 bits per heavy atom. The number of methoxy groups -OCH3 is 1. The lowest BCUT2D eigenvalue weighted by Gasteiger charge is -2.16. The average Bonchev–Trinajstić information content (AvgIpc) is 2.70. The van der Waals surface area contributed by atoms with Gasteiger partial charge in [-0.1, -0.05) is 29.8 Å². The van der Waals surface area contributed by atoms with Crippen molar-refractivity contribution in [1.82, 2.24) is 10.6 Å². The summed E-state index contributed by atoms with van der Waals surface area (Å²) in [4.78, 5) is 4.41. The van der Waals surface area contributed by atoms with E-state index < -0.39 is 12.7 Å². The van der Waals surface area contributed by atoms with E-state index in [9.17, 15) is 13.9 Å². The van der Waals surface area contributed by atoms with Gasteiger partial charge >= 0.3 is 6.61 Å². The van der Waals surface area contributed by atoms with E-state index in [1.165, 1.54) is 13.2 Å². The van der Waals surface area contributed by atoms with Crippen LogP contribution in [0.3, 0.4) is 0 Å². The maximum atomic E-state index is 12.7. The molecule has 6 nitrogen and oxygen atoms in total. The third-order valence-electron chi connectivity index (χ3n) is 4.16. The standard InChI is InChI=1S/C21H27F2N3O3.HI/c1-4-24-21(26-13-18(27)15-7-5-14(2)6-8-15)25-12-16-11-17(28-3)9-10-19(16)29-20(22)23;/h5-11,18,20,27H,4,12-13H2,1-3H3,(H2,24,25,26);1H. The molecule has 0 aliphatic heterocycles. The van der Waals surface area contributed by atoms with Crippen molar-refractivity contribution < 1.29 is 23.4 Å². The quantitative estimate of drug-likeness (QED) is 0.257. The van der Waals surface area contributed by atoms with Gasteiger partial charge in [-0.3, -0.25) is 0 Å². The Bertz CT molecular complexity index is 805. The molecule has 9 heteroatoms. The van der Waals surface area contributed by atoms with Gasteiger partial charge in [-0.25, -0.2) is 4.99 Å². The van der Waals surface area contributed by atoms with Crippen LogP contribution in [0.2, 0.25) is 0 Å². The van der Waals surface area contributed by atoms with Crippen LogP contribution in [0.4, 0.5) is 8.78 Å². The van der Waals surface area contributed by atoms with Gasteiger partial charge in [-0.2, -0.15) is 8.78 Å². The first-order valence-electron chi connectivity index (χ1n) is 9.31. The first-order chi connectivity index (χ1) is 13.9. The highest BCUT2D eigenvalue weighted by Gasteiger charge is 2.12. The Labute approximate surface area is 192 Å². The SMILES string of the molecule is CCNC(=NCc1cc(OC)ccc1OC(F)F)NCC(O)c1ccc(C)cc1.I. The maximum Gasteiger partial charge on any atom is 0.387 e. The molecule has 0 saturated heterocycles. The number of aliphatic hydroxyl groups is 1. The number of nitrogens with zero attached hydrogens (tertiary/aromatic N) is 1. The lowest BCUT2D eigenvalue weighted by atomic mass is 10.1. The molecule has 3 N–H and O–H groups in total. The van der Waals surface area contributed by atoms with E-state index in [0.717, 1.165) is 11.1 Å². The van der Waals surface area contributed by atoms with Crippen molar-refractivity contribution in [2.24, 2.45) is 4.99 Å². The third-order valence-corrected chi connectivity index (χ3v) is 4.16. The van der Waals surface area contributed by atoms with E-state index in [0.29, 0.717) is 23.8 Å². The molecule has 0 bridgehead atoms. The number of alkyl halides is 2. The number of aliphatic hydroxyl groups excluding tert-OH is 1. The summed E-state index contributed by atoms with van der Waals surface area (Å²) < 4.78 is 35.0. The van der Waals surface area contributed by atoms with Gasteiger partial charge in [0.25, 0.3) is 0 Å². The first kappa shape index (κ1) is 25.9. The molecule has 0 fully saturated rings. The molecule has 0 radical (unpaired) electrons.